The maximum Gasteiger partial charge on any atom is 0.0256 e. The highest BCUT2D eigenvalue weighted by Crippen LogP contribution is 2.36. The fourth-order valence-electron chi connectivity index (χ4n) is 3.75. The maximum absolute atomic E-state index is 3.82. The van der Waals surface area contributed by atoms with Gasteiger partial charge in [0.2, 0.25) is 0 Å². The summed E-state index contributed by atoms with van der Waals surface area (Å²) in [6.45, 7) is 4.53. The lowest BCUT2D eigenvalue weighted by atomic mass is 9.95. The Morgan fingerprint density at radius 3 is 1.38 bits per heavy atom. The molecule has 0 amide bonds. The van der Waals surface area contributed by atoms with Crippen molar-refractivity contribution in [2.45, 2.75) is 65.2 Å². The van der Waals surface area contributed by atoms with E-state index in [0.717, 1.165) is 12.8 Å². The molecular formula is C24H28Br2. The minimum absolute atomic E-state index is 1.16. The molecule has 0 spiro atoms. The third kappa shape index (κ3) is 4.51. The molecule has 0 nitrogen and oxygen atoms in total. The van der Waals surface area contributed by atoms with Crippen molar-refractivity contribution in [3.8, 4) is 0 Å². The van der Waals surface area contributed by atoms with Crippen LogP contribution < -0.4 is 0 Å². The zero-order chi connectivity index (χ0) is 18.5. The molecule has 0 N–H and O–H groups in total. The molecule has 0 heterocycles. The summed E-state index contributed by atoms with van der Waals surface area (Å²) < 4.78 is 2.44. The third-order valence-corrected chi connectivity index (χ3v) is 6.54. The molecule has 3 aromatic rings. The molecule has 0 aliphatic heterocycles. The van der Waals surface area contributed by atoms with Crippen molar-refractivity contribution in [1.82, 2.24) is 0 Å². The van der Waals surface area contributed by atoms with E-state index in [1.807, 2.05) is 0 Å². The van der Waals surface area contributed by atoms with Crippen LogP contribution >= 0.6 is 31.9 Å². The van der Waals surface area contributed by atoms with Gasteiger partial charge in [0.25, 0.3) is 0 Å². The van der Waals surface area contributed by atoms with Crippen LogP contribution in [0.25, 0.3) is 21.5 Å². The van der Waals surface area contributed by atoms with Crippen molar-refractivity contribution in [1.29, 1.82) is 0 Å². The molecule has 0 bridgehead atoms. The SMILES string of the molecule is CCCCCc1cc(Br)c2ccc3c(Br)cc(CCCCC)cc3c2c1. The summed E-state index contributed by atoms with van der Waals surface area (Å²) in [4.78, 5) is 0. The number of unbranched alkanes of at least 4 members (excludes halogenated alkanes) is 4. The second kappa shape index (κ2) is 9.37. The van der Waals surface area contributed by atoms with Crippen molar-refractivity contribution in [2.24, 2.45) is 0 Å². The van der Waals surface area contributed by atoms with E-state index in [1.54, 1.807) is 0 Å². The van der Waals surface area contributed by atoms with E-state index in [4.69, 9.17) is 0 Å². The van der Waals surface area contributed by atoms with E-state index < -0.39 is 0 Å². The largest absolute Gasteiger partial charge is 0.0654 e. The molecular weight excluding hydrogens is 448 g/mol. The highest BCUT2D eigenvalue weighted by atomic mass is 79.9. The Kier molecular flexibility index (Phi) is 7.17. The highest BCUT2D eigenvalue weighted by Gasteiger charge is 2.10. The first-order valence-electron chi connectivity index (χ1n) is 9.97. The zero-order valence-corrected chi connectivity index (χ0v) is 19.0. The summed E-state index contributed by atoms with van der Waals surface area (Å²) in [5, 5.41) is 5.38. The Labute approximate surface area is 174 Å². The number of fused-ring (bicyclic) bond motifs is 3. The lowest BCUT2D eigenvalue weighted by molar-refractivity contribution is 0.717. The zero-order valence-electron chi connectivity index (χ0n) is 15.9. The molecule has 0 aromatic heterocycles. The van der Waals surface area contributed by atoms with E-state index in [-0.39, 0.29) is 0 Å². The molecule has 2 heteroatoms. The standard InChI is InChI=1S/C24H28Br2/c1-3-5-7-9-17-13-21-19(23(25)15-17)11-12-20-22(21)14-18(16-24(20)26)10-8-6-4-2/h11-16H,3-10H2,1-2H3. The van der Waals surface area contributed by atoms with Gasteiger partial charge in [-0.05, 0) is 70.5 Å². The van der Waals surface area contributed by atoms with Crippen LogP contribution in [0, 0.1) is 0 Å². The first-order chi connectivity index (χ1) is 12.6. The summed E-state index contributed by atoms with van der Waals surface area (Å²) in [6, 6.07) is 14.0. The lowest BCUT2D eigenvalue weighted by Crippen LogP contribution is -1.91. The van der Waals surface area contributed by atoms with Gasteiger partial charge >= 0.3 is 0 Å². The third-order valence-electron chi connectivity index (χ3n) is 5.22. The Balaban J connectivity index is 2.08. The van der Waals surface area contributed by atoms with Crippen molar-refractivity contribution in [3.05, 3.63) is 56.5 Å². The topological polar surface area (TPSA) is 0 Å². The Bertz CT molecular complexity index is 821. The van der Waals surface area contributed by atoms with Gasteiger partial charge in [-0.2, -0.15) is 0 Å². The van der Waals surface area contributed by atoms with Crippen molar-refractivity contribution < 1.29 is 0 Å². The van der Waals surface area contributed by atoms with E-state index >= 15 is 0 Å². The van der Waals surface area contributed by atoms with Gasteiger partial charge in [-0.25, -0.2) is 0 Å². The Morgan fingerprint density at radius 2 is 1.00 bits per heavy atom. The molecule has 0 saturated heterocycles. The van der Waals surface area contributed by atoms with E-state index in [1.165, 1.54) is 80.1 Å². The van der Waals surface area contributed by atoms with Crippen LogP contribution in [-0.4, -0.2) is 0 Å². The van der Waals surface area contributed by atoms with Gasteiger partial charge in [-0.1, -0.05) is 95.7 Å². The van der Waals surface area contributed by atoms with Crippen molar-refractivity contribution in [2.75, 3.05) is 0 Å². The molecule has 3 rings (SSSR count). The smallest absolute Gasteiger partial charge is 0.0256 e. The van der Waals surface area contributed by atoms with E-state index in [0.29, 0.717) is 0 Å². The Morgan fingerprint density at radius 1 is 0.577 bits per heavy atom. The number of hydrogen-bond acceptors (Lipinski definition) is 0. The summed E-state index contributed by atoms with van der Waals surface area (Å²) >= 11 is 7.64. The summed E-state index contributed by atoms with van der Waals surface area (Å²) in [5.74, 6) is 0. The number of halogens is 2. The molecule has 0 atom stereocenters. The molecule has 0 radical (unpaired) electrons. The molecule has 26 heavy (non-hydrogen) atoms. The van der Waals surface area contributed by atoms with Crippen LogP contribution in [0.1, 0.15) is 63.5 Å². The van der Waals surface area contributed by atoms with Gasteiger partial charge < -0.3 is 0 Å². The van der Waals surface area contributed by atoms with Crippen LogP contribution in [0.5, 0.6) is 0 Å². The second-order valence-electron chi connectivity index (χ2n) is 7.33. The van der Waals surface area contributed by atoms with Crippen LogP contribution in [0.3, 0.4) is 0 Å². The summed E-state index contributed by atoms with van der Waals surface area (Å²) in [7, 11) is 0. The summed E-state index contributed by atoms with van der Waals surface area (Å²) in [6.07, 6.45) is 10.0. The first kappa shape index (κ1) is 19.9. The van der Waals surface area contributed by atoms with Gasteiger partial charge in [0, 0.05) is 8.95 Å². The molecule has 138 valence electrons. The quantitative estimate of drug-likeness (QED) is 0.225. The lowest BCUT2D eigenvalue weighted by Gasteiger charge is -2.12. The number of benzene rings is 3. The molecule has 3 aromatic carbocycles. The Hall–Kier alpha value is -0.860. The van der Waals surface area contributed by atoms with Crippen LogP contribution in [-0.2, 0) is 12.8 Å². The number of hydrogen-bond donors (Lipinski definition) is 0. The number of rotatable bonds is 8. The average molecular weight is 476 g/mol. The fraction of sp³-hybridized carbons (Fsp3) is 0.417. The molecule has 0 unspecified atom stereocenters. The van der Waals surface area contributed by atoms with Crippen LogP contribution in [0.15, 0.2) is 45.3 Å². The van der Waals surface area contributed by atoms with E-state index in [2.05, 4.69) is 82.1 Å². The molecule has 0 aliphatic rings. The predicted octanol–water partition coefficient (Wildman–Crippen LogP) is 8.98. The molecule has 0 saturated carbocycles. The first-order valence-corrected chi connectivity index (χ1v) is 11.6. The second-order valence-corrected chi connectivity index (χ2v) is 9.03. The normalized spacial score (nSPS) is 11.5. The molecule has 0 aliphatic carbocycles. The summed E-state index contributed by atoms with van der Waals surface area (Å²) in [5.41, 5.74) is 2.88. The van der Waals surface area contributed by atoms with Crippen LogP contribution in [0.4, 0.5) is 0 Å². The van der Waals surface area contributed by atoms with Gasteiger partial charge in [0.1, 0.15) is 0 Å². The van der Waals surface area contributed by atoms with Crippen LogP contribution in [0.2, 0.25) is 0 Å². The van der Waals surface area contributed by atoms with Gasteiger partial charge in [-0.15, -0.1) is 0 Å². The van der Waals surface area contributed by atoms with Crippen molar-refractivity contribution >= 4 is 53.4 Å². The van der Waals surface area contributed by atoms with Gasteiger partial charge in [-0.3, -0.25) is 0 Å². The fourth-order valence-corrected chi connectivity index (χ4v) is 5.03. The highest BCUT2D eigenvalue weighted by molar-refractivity contribution is 9.11. The maximum atomic E-state index is 3.82. The van der Waals surface area contributed by atoms with Crippen molar-refractivity contribution in [3.63, 3.8) is 0 Å². The molecule has 0 fully saturated rings. The minimum Gasteiger partial charge on any atom is -0.0654 e. The van der Waals surface area contributed by atoms with Gasteiger partial charge in [0.15, 0.2) is 0 Å². The van der Waals surface area contributed by atoms with E-state index in [9.17, 15) is 0 Å². The monoisotopic (exact) mass is 474 g/mol. The average Bonchev–Trinajstić information content (AvgIpc) is 2.62. The van der Waals surface area contributed by atoms with Gasteiger partial charge in [0.05, 0.1) is 0 Å². The minimum atomic E-state index is 1.16. The predicted molar refractivity (Wildman–Crippen MR) is 123 cm³/mol. The number of aryl methyl sites for hydroxylation is 2.